The zero-order chi connectivity index (χ0) is 15.2. The van der Waals surface area contributed by atoms with E-state index >= 15 is 0 Å². The summed E-state index contributed by atoms with van der Waals surface area (Å²) in [6, 6.07) is -1.64. The first-order valence-corrected chi connectivity index (χ1v) is 6.45. The third-order valence-electron chi connectivity index (χ3n) is 2.63. The third-order valence-corrected chi connectivity index (χ3v) is 2.63. The predicted octanol–water partition coefficient (Wildman–Crippen LogP) is 0.763. The van der Waals surface area contributed by atoms with Gasteiger partial charge in [-0.2, -0.15) is 0 Å². The molecule has 0 spiro atoms. The van der Waals surface area contributed by atoms with Crippen LogP contribution in [0.15, 0.2) is 0 Å². The molecule has 0 aromatic heterocycles. The molecule has 19 heavy (non-hydrogen) atoms. The van der Waals surface area contributed by atoms with Crippen LogP contribution in [0.5, 0.6) is 0 Å². The van der Waals surface area contributed by atoms with Crippen LogP contribution in [0.4, 0.5) is 0 Å². The molecule has 6 nitrogen and oxygen atoms in total. The molecule has 0 fully saturated rings. The van der Waals surface area contributed by atoms with Crippen LogP contribution in [0.25, 0.3) is 0 Å². The van der Waals surface area contributed by atoms with E-state index in [4.69, 9.17) is 5.11 Å². The first-order valence-electron chi connectivity index (χ1n) is 6.45. The van der Waals surface area contributed by atoms with E-state index in [0.29, 0.717) is 6.42 Å². The Morgan fingerprint density at radius 3 is 1.89 bits per heavy atom. The lowest BCUT2D eigenvalue weighted by Gasteiger charge is -2.24. The molecule has 0 aromatic rings. The zero-order valence-electron chi connectivity index (χ0n) is 12.2. The van der Waals surface area contributed by atoms with Gasteiger partial charge < -0.3 is 15.7 Å². The van der Waals surface area contributed by atoms with Crippen LogP contribution < -0.4 is 10.6 Å². The lowest BCUT2D eigenvalue weighted by Crippen LogP contribution is -2.53. The second-order valence-corrected chi connectivity index (χ2v) is 5.45. The van der Waals surface area contributed by atoms with Crippen molar-refractivity contribution in [2.24, 2.45) is 11.8 Å². The molecular weight excluding hydrogens is 248 g/mol. The SMILES string of the molecule is CC(=O)NC(C(=O)N[C@H](CC(C)C)C(=O)O)C(C)C. The van der Waals surface area contributed by atoms with Crippen molar-refractivity contribution >= 4 is 17.8 Å². The number of carbonyl (C=O) groups is 3. The molecule has 1 unspecified atom stereocenters. The summed E-state index contributed by atoms with van der Waals surface area (Å²) >= 11 is 0. The fourth-order valence-corrected chi connectivity index (χ4v) is 1.71. The third kappa shape index (κ3) is 6.79. The van der Waals surface area contributed by atoms with E-state index in [-0.39, 0.29) is 17.7 Å². The normalized spacial score (nSPS) is 14.1. The number of rotatable bonds is 7. The minimum atomic E-state index is -1.06. The summed E-state index contributed by atoms with van der Waals surface area (Å²) in [5.74, 6) is -1.80. The Kier molecular flexibility index (Phi) is 7.11. The van der Waals surface area contributed by atoms with Crippen molar-refractivity contribution in [1.82, 2.24) is 10.6 Å². The van der Waals surface area contributed by atoms with Crippen LogP contribution in [-0.4, -0.2) is 35.0 Å². The van der Waals surface area contributed by atoms with Gasteiger partial charge >= 0.3 is 5.97 Å². The monoisotopic (exact) mass is 272 g/mol. The van der Waals surface area contributed by atoms with Crippen molar-refractivity contribution in [3.8, 4) is 0 Å². The Morgan fingerprint density at radius 2 is 1.58 bits per heavy atom. The summed E-state index contributed by atoms with van der Waals surface area (Å²) in [6.07, 6.45) is 0.353. The van der Waals surface area contributed by atoms with Crippen LogP contribution in [0.1, 0.15) is 41.0 Å². The molecular formula is C13H24N2O4. The van der Waals surface area contributed by atoms with E-state index < -0.39 is 24.0 Å². The maximum atomic E-state index is 12.0. The quantitative estimate of drug-likeness (QED) is 0.637. The molecule has 6 heteroatoms. The van der Waals surface area contributed by atoms with E-state index in [9.17, 15) is 14.4 Å². The average Bonchev–Trinajstić information content (AvgIpc) is 2.23. The van der Waals surface area contributed by atoms with E-state index in [2.05, 4.69) is 10.6 Å². The molecule has 0 radical (unpaired) electrons. The second-order valence-electron chi connectivity index (χ2n) is 5.45. The van der Waals surface area contributed by atoms with Crippen molar-refractivity contribution in [3.63, 3.8) is 0 Å². The van der Waals surface area contributed by atoms with Gasteiger partial charge in [0.25, 0.3) is 0 Å². The summed E-state index contributed by atoms with van der Waals surface area (Å²) in [7, 11) is 0. The highest BCUT2D eigenvalue weighted by atomic mass is 16.4. The standard InChI is InChI=1S/C13H24N2O4/c1-7(2)6-10(13(18)19)15-12(17)11(8(3)4)14-9(5)16/h7-8,10-11H,6H2,1-5H3,(H,14,16)(H,15,17)(H,18,19)/t10-,11?/m1/s1. The maximum absolute atomic E-state index is 12.0. The van der Waals surface area contributed by atoms with Crippen LogP contribution in [0.2, 0.25) is 0 Å². The summed E-state index contributed by atoms with van der Waals surface area (Å²) < 4.78 is 0. The molecule has 0 aromatic carbocycles. The molecule has 0 saturated heterocycles. The topological polar surface area (TPSA) is 95.5 Å². The Bertz CT molecular complexity index is 340. The molecule has 0 aliphatic rings. The Balaban J connectivity index is 4.75. The van der Waals surface area contributed by atoms with Crippen molar-refractivity contribution in [3.05, 3.63) is 0 Å². The smallest absolute Gasteiger partial charge is 0.326 e. The van der Waals surface area contributed by atoms with Gasteiger partial charge in [0.15, 0.2) is 0 Å². The molecule has 0 heterocycles. The van der Waals surface area contributed by atoms with Gasteiger partial charge in [-0.15, -0.1) is 0 Å². The molecule has 0 aliphatic carbocycles. The van der Waals surface area contributed by atoms with Crippen molar-refractivity contribution in [2.75, 3.05) is 0 Å². The van der Waals surface area contributed by atoms with Crippen LogP contribution in [0, 0.1) is 11.8 Å². The maximum Gasteiger partial charge on any atom is 0.326 e. The highest BCUT2D eigenvalue weighted by molar-refractivity contribution is 5.90. The minimum Gasteiger partial charge on any atom is -0.480 e. The van der Waals surface area contributed by atoms with Crippen LogP contribution in [0.3, 0.4) is 0 Å². The lowest BCUT2D eigenvalue weighted by atomic mass is 10.0. The number of hydrogen-bond donors (Lipinski definition) is 3. The fraction of sp³-hybridized carbons (Fsp3) is 0.769. The van der Waals surface area contributed by atoms with Crippen molar-refractivity contribution in [1.29, 1.82) is 0 Å². The second kappa shape index (κ2) is 7.76. The van der Waals surface area contributed by atoms with Gasteiger partial charge in [-0.25, -0.2) is 4.79 Å². The first-order chi connectivity index (χ1) is 8.65. The molecule has 3 N–H and O–H groups in total. The number of hydrogen-bond acceptors (Lipinski definition) is 3. The number of amides is 2. The van der Waals surface area contributed by atoms with E-state index in [1.807, 2.05) is 13.8 Å². The van der Waals surface area contributed by atoms with Crippen molar-refractivity contribution in [2.45, 2.75) is 53.1 Å². The number of carboxylic acid groups (broad SMARTS) is 1. The minimum absolute atomic E-state index is 0.114. The van der Waals surface area contributed by atoms with E-state index in [0.717, 1.165) is 0 Å². The average molecular weight is 272 g/mol. The molecule has 0 bridgehead atoms. The zero-order valence-corrected chi connectivity index (χ0v) is 12.2. The van der Waals surface area contributed by atoms with Gasteiger partial charge in [0.05, 0.1) is 0 Å². The molecule has 2 atom stereocenters. The molecule has 110 valence electrons. The predicted molar refractivity (Wildman–Crippen MR) is 71.5 cm³/mol. The van der Waals surface area contributed by atoms with Crippen molar-refractivity contribution < 1.29 is 19.5 Å². The van der Waals surface area contributed by atoms with Gasteiger partial charge in [-0.1, -0.05) is 27.7 Å². The number of carbonyl (C=O) groups excluding carboxylic acids is 2. The molecule has 2 amide bonds. The largest absolute Gasteiger partial charge is 0.480 e. The van der Waals surface area contributed by atoms with Crippen LogP contribution >= 0.6 is 0 Å². The summed E-state index contributed by atoms with van der Waals surface area (Å²) in [4.78, 5) is 34.2. The Hall–Kier alpha value is -1.59. The summed E-state index contributed by atoms with van der Waals surface area (Å²) in [6.45, 7) is 8.67. The fourth-order valence-electron chi connectivity index (χ4n) is 1.71. The highest BCUT2D eigenvalue weighted by Gasteiger charge is 2.28. The molecule has 0 saturated carbocycles. The van der Waals surface area contributed by atoms with E-state index in [1.54, 1.807) is 13.8 Å². The van der Waals surface area contributed by atoms with Gasteiger partial charge in [0.2, 0.25) is 11.8 Å². The lowest BCUT2D eigenvalue weighted by molar-refractivity contribution is -0.142. The Morgan fingerprint density at radius 1 is 1.05 bits per heavy atom. The van der Waals surface area contributed by atoms with Gasteiger partial charge in [0, 0.05) is 6.92 Å². The Labute approximate surface area is 113 Å². The van der Waals surface area contributed by atoms with E-state index in [1.165, 1.54) is 6.92 Å². The van der Waals surface area contributed by atoms with Gasteiger partial charge in [-0.3, -0.25) is 9.59 Å². The van der Waals surface area contributed by atoms with Gasteiger partial charge in [-0.05, 0) is 18.3 Å². The van der Waals surface area contributed by atoms with Crippen LogP contribution in [-0.2, 0) is 14.4 Å². The molecule has 0 rings (SSSR count). The summed E-state index contributed by atoms with van der Waals surface area (Å²) in [5.41, 5.74) is 0. The highest BCUT2D eigenvalue weighted by Crippen LogP contribution is 2.07. The number of carboxylic acids is 1. The van der Waals surface area contributed by atoms with Gasteiger partial charge in [0.1, 0.15) is 12.1 Å². The first kappa shape index (κ1) is 17.4. The number of aliphatic carboxylic acids is 1. The molecule has 0 aliphatic heterocycles. The number of nitrogens with one attached hydrogen (secondary N) is 2. The summed E-state index contributed by atoms with van der Waals surface area (Å²) in [5, 5.41) is 14.1.